The molecule has 5 nitrogen and oxygen atoms in total. The highest BCUT2D eigenvalue weighted by Gasteiger charge is 2.16. The van der Waals surface area contributed by atoms with Crippen molar-refractivity contribution in [3.8, 4) is 5.75 Å². The van der Waals surface area contributed by atoms with Crippen LogP contribution in [0.3, 0.4) is 0 Å². The summed E-state index contributed by atoms with van der Waals surface area (Å²) in [6.45, 7) is 7.96. The maximum atomic E-state index is 13.2. The second-order valence-corrected chi connectivity index (χ2v) is 9.46. The number of benzene rings is 2. The first-order chi connectivity index (χ1) is 14.2. The first-order valence-corrected chi connectivity index (χ1v) is 11.6. The van der Waals surface area contributed by atoms with E-state index in [1.165, 1.54) is 4.68 Å². The summed E-state index contributed by atoms with van der Waals surface area (Å²) >= 11 is 13.3. The lowest BCUT2D eigenvalue weighted by Crippen LogP contribution is -2.23. The predicted octanol–water partition coefficient (Wildman–Crippen LogP) is 6.76. The van der Waals surface area contributed by atoms with E-state index in [1.54, 1.807) is 18.3 Å². The van der Waals surface area contributed by atoms with Gasteiger partial charge in [0.1, 0.15) is 5.82 Å². The fourth-order valence-corrected chi connectivity index (χ4v) is 4.22. The third-order valence-corrected chi connectivity index (χ3v) is 5.95. The van der Waals surface area contributed by atoms with Crippen LogP contribution in [0.2, 0.25) is 5.02 Å². The zero-order valence-corrected chi connectivity index (χ0v) is 21.0. The minimum absolute atomic E-state index is 0.00187. The van der Waals surface area contributed by atoms with Gasteiger partial charge in [-0.2, -0.15) is 9.78 Å². The van der Waals surface area contributed by atoms with Gasteiger partial charge in [-0.05, 0) is 72.1 Å². The molecule has 0 unspecified atom stereocenters. The van der Waals surface area contributed by atoms with Crippen molar-refractivity contribution in [1.82, 2.24) is 9.66 Å². The number of halogens is 3. The van der Waals surface area contributed by atoms with Crippen LogP contribution in [0.25, 0.3) is 10.9 Å². The van der Waals surface area contributed by atoms with Gasteiger partial charge < -0.3 is 4.74 Å². The average molecular weight is 556 g/mol. The number of rotatable bonds is 6. The zero-order chi connectivity index (χ0) is 22.0. The monoisotopic (exact) mass is 553 g/mol. The summed E-state index contributed by atoms with van der Waals surface area (Å²) in [5.41, 5.74) is 1.18. The van der Waals surface area contributed by atoms with E-state index in [4.69, 9.17) is 21.3 Å². The molecule has 0 aliphatic heterocycles. The lowest BCUT2D eigenvalue weighted by Gasteiger charge is -2.15. The van der Waals surface area contributed by atoms with Crippen LogP contribution in [0, 0.1) is 0 Å². The fourth-order valence-electron chi connectivity index (χ4n) is 2.91. The van der Waals surface area contributed by atoms with E-state index in [2.05, 4.69) is 43.9 Å². The molecule has 1 atom stereocenters. The summed E-state index contributed by atoms with van der Waals surface area (Å²) in [4.78, 5) is 17.9. The molecule has 1 heterocycles. The van der Waals surface area contributed by atoms with Crippen LogP contribution in [0.4, 0.5) is 0 Å². The highest BCUT2D eigenvalue weighted by molar-refractivity contribution is 9.10. The van der Waals surface area contributed by atoms with Crippen LogP contribution in [0.1, 0.15) is 51.4 Å². The van der Waals surface area contributed by atoms with E-state index in [0.29, 0.717) is 27.5 Å². The molecule has 2 aromatic carbocycles. The lowest BCUT2D eigenvalue weighted by molar-refractivity contribution is 0.241. The molecular formula is C22H22Br2ClN3O2. The Balaban J connectivity index is 2.11. The number of ether oxygens (including phenoxy) is 1. The molecule has 0 N–H and O–H groups in total. The van der Waals surface area contributed by atoms with E-state index in [1.807, 2.05) is 39.0 Å². The minimum Gasteiger partial charge on any atom is -0.488 e. The van der Waals surface area contributed by atoms with Crippen LogP contribution >= 0.6 is 43.5 Å². The van der Waals surface area contributed by atoms with Crippen molar-refractivity contribution in [1.29, 1.82) is 0 Å². The molecule has 0 aliphatic rings. The Morgan fingerprint density at radius 2 is 1.97 bits per heavy atom. The van der Waals surface area contributed by atoms with E-state index < -0.39 is 0 Å². The molecule has 3 rings (SSSR count). The minimum atomic E-state index is -0.210. The molecule has 0 spiro atoms. The Morgan fingerprint density at radius 3 is 2.60 bits per heavy atom. The van der Waals surface area contributed by atoms with Gasteiger partial charge in [0.05, 0.1) is 32.7 Å². The second-order valence-electron chi connectivity index (χ2n) is 7.28. The molecular weight excluding hydrogens is 534 g/mol. The molecule has 0 amide bonds. The predicted molar refractivity (Wildman–Crippen MR) is 130 cm³/mol. The molecule has 0 bridgehead atoms. The van der Waals surface area contributed by atoms with Gasteiger partial charge in [-0.15, -0.1) is 0 Å². The van der Waals surface area contributed by atoms with Gasteiger partial charge in [-0.1, -0.05) is 41.4 Å². The van der Waals surface area contributed by atoms with Gasteiger partial charge in [-0.25, -0.2) is 4.98 Å². The number of hydrogen-bond acceptors (Lipinski definition) is 4. The molecule has 0 radical (unpaired) electrons. The Hall–Kier alpha value is -1.70. The Bertz CT molecular complexity index is 1150. The van der Waals surface area contributed by atoms with Crippen molar-refractivity contribution >= 4 is 60.6 Å². The summed E-state index contributed by atoms with van der Waals surface area (Å²) in [5.74, 6) is 1.28. The highest BCUT2D eigenvalue weighted by Crippen LogP contribution is 2.35. The first kappa shape index (κ1) is 23.0. The standard InChI is InChI=1S/C22H22Br2ClN3O2/c1-5-13(4)21-27-19-7-6-15(23)10-16(19)22(29)28(21)26-11-14-8-17(24)20(18(25)9-14)30-12(2)3/h6-13H,5H2,1-4H3/t13-/m0/s1. The third kappa shape index (κ3) is 4.95. The molecule has 0 saturated heterocycles. The van der Waals surface area contributed by atoms with Crippen LogP contribution in [-0.2, 0) is 0 Å². The van der Waals surface area contributed by atoms with Crippen molar-refractivity contribution in [2.24, 2.45) is 5.10 Å². The van der Waals surface area contributed by atoms with Gasteiger partial charge in [0.15, 0.2) is 5.75 Å². The normalized spacial score (nSPS) is 12.8. The lowest BCUT2D eigenvalue weighted by atomic mass is 10.1. The molecule has 0 aliphatic carbocycles. The third-order valence-electron chi connectivity index (χ3n) is 4.58. The maximum Gasteiger partial charge on any atom is 0.282 e. The van der Waals surface area contributed by atoms with E-state index >= 15 is 0 Å². The van der Waals surface area contributed by atoms with Crippen molar-refractivity contribution in [3.05, 3.63) is 66.0 Å². The average Bonchev–Trinajstić information content (AvgIpc) is 2.69. The summed E-state index contributed by atoms with van der Waals surface area (Å²) < 4.78 is 8.66. The van der Waals surface area contributed by atoms with Gasteiger partial charge in [0, 0.05) is 10.4 Å². The summed E-state index contributed by atoms with van der Waals surface area (Å²) in [5, 5.41) is 5.45. The topological polar surface area (TPSA) is 56.5 Å². The zero-order valence-electron chi connectivity index (χ0n) is 17.1. The maximum absolute atomic E-state index is 13.2. The van der Waals surface area contributed by atoms with Gasteiger partial charge in [0.25, 0.3) is 5.56 Å². The molecule has 8 heteroatoms. The summed E-state index contributed by atoms with van der Waals surface area (Å²) in [6.07, 6.45) is 2.44. The van der Waals surface area contributed by atoms with Crippen molar-refractivity contribution < 1.29 is 4.74 Å². The molecule has 158 valence electrons. The largest absolute Gasteiger partial charge is 0.488 e. The molecule has 0 fully saturated rings. The number of nitrogens with zero attached hydrogens (tertiary/aromatic N) is 3. The Morgan fingerprint density at radius 1 is 1.23 bits per heavy atom. The van der Waals surface area contributed by atoms with Crippen LogP contribution in [0.5, 0.6) is 5.75 Å². The Kier molecular flexibility index (Phi) is 7.37. The number of fused-ring (bicyclic) bond motifs is 1. The van der Waals surface area contributed by atoms with Gasteiger partial charge in [-0.3, -0.25) is 4.79 Å². The molecule has 0 saturated carbocycles. The Labute approximate surface area is 197 Å². The van der Waals surface area contributed by atoms with Crippen molar-refractivity contribution in [3.63, 3.8) is 0 Å². The van der Waals surface area contributed by atoms with E-state index in [-0.39, 0.29) is 17.6 Å². The van der Waals surface area contributed by atoms with Crippen LogP contribution in [0.15, 0.2) is 49.2 Å². The molecule has 30 heavy (non-hydrogen) atoms. The quantitative estimate of drug-likeness (QED) is 0.316. The number of aromatic nitrogens is 2. The second kappa shape index (κ2) is 9.62. The molecule has 3 aromatic rings. The van der Waals surface area contributed by atoms with Crippen molar-refractivity contribution in [2.75, 3.05) is 0 Å². The SMILES string of the molecule is CC[C@H](C)c1nc2ccc(Br)cc2c(=O)n1N=Cc1cc(Cl)c(OC(C)C)c(Br)c1. The van der Waals surface area contributed by atoms with Crippen LogP contribution in [-0.4, -0.2) is 22.0 Å². The van der Waals surface area contributed by atoms with Gasteiger partial charge >= 0.3 is 0 Å². The number of hydrogen-bond donors (Lipinski definition) is 0. The first-order valence-electron chi connectivity index (χ1n) is 9.63. The van der Waals surface area contributed by atoms with E-state index in [9.17, 15) is 4.79 Å². The molecule has 1 aromatic heterocycles. The summed E-state index contributed by atoms with van der Waals surface area (Å²) in [7, 11) is 0. The van der Waals surface area contributed by atoms with Crippen LogP contribution < -0.4 is 10.3 Å². The van der Waals surface area contributed by atoms with Crippen molar-refractivity contribution in [2.45, 2.75) is 46.1 Å². The summed E-state index contributed by atoms with van der Waals surface area (Å²) in [6, 6.07) is 9.09. The fraction of sp³-hybridized carbons (Fsp3) is 0.318. The van der Waals surface area contributed by atoms with E-state index in [0.717, 1.165) is 20.9 Å². The highest BCUT2D eigenvalue weighted by atomic mass is 79.9. The van der Waals surface area contributed by atoms with Gasteiger partial charge in [0.2, 0.25) is 0 Å². The smallest absolute Gasteiger partial charge is 0.282 e.